The van der Waals surface area contributed by atoms with Crippen LogP contribution in [0.5, 0.6) is 11.5 Å². The van der Waals surface area contributed by atoms with Gasteiger partial charge in [-0.05, 0) is 24.6 Å². The zero-order valence-corrected chi connectivity index (χ0v) is 11.6. The summed E-state index contributed by atoms with van der Waals surface area (Å²) in [5.74, 6) is 1.92. The van der Waals surface area contributed by atoms with Crippen LogP contribution < -0.4 is 20.1 Å². The Bertz CT molecular complexity index is 504. The number of carbonyl (C=O) groups excluding carboxylic acids is 1. The van der Waals surface area contributed by atoms with Crippen molar-refractivity contribution in [3.05, 3.63) is 18.2 Å². The minimum atomic E-state index is 0.0333. The van der Waals surface area contributed by atoms with Crippen LogP contribution in [-0.2, 0) is 4.79 Å². The Balaban J connectivity index is 1.71. The zero-order chi connectivity index (χ0) is 13.9. The lowest BCUT2D eigenvalue weighted by atomic mass is 9.97. The van der Waals surface area contributed by atoms with E-state index < -0.39 is 0 Å². The number of ether oxygens (including phenoxy) is 2. The monoisotopic (exact) mass is 276 g/mol. The summed E-state index contributed by atoms with van der Waals surface area (Å²) in [6.07, 6.45) is 0.877. The second-order valence-corrected chi connectivity index (χ2v) is 5.44. The van der Waals surface area contributed by atoms with E-state index in [4.69, 9.17) is 9.47 Å². The minimum Gasteiger partial charge on any atom is -0.490 e. The van der Waals surface area contributed by atoms with Crippen LogP contribution in [0.15, 0.2) is 18.2 Å². The average molecular weight is 276 g/mol. The smallest absolute Gasteiger partial charge is 0.229 e. The van der Waals surface area contributed by atoms with Crippen LogP contribution in [0.25, 0.3) is 0 Å². The van der Waals surface area contributed by atoms with Gasteiger partial charge in [-0.1, -0.05) is 6.92 Å². The fraction of sp³-hybridized carbons (Fsp3) is 0.533. The molecular weight excluding hydrogens is 256 g/mol. The van der Waals surface area contributed by atoms with Gasteiger partial charge in [0.1, 0.15) is 0 Å². The summed E-state index contributed by atoms with van der Waals surface area (Å²) < 4.78 is 11.2. The third kappa shape index (κ3) is 2.72. The van der Waals surface area contributed by atoms with Gasteiger partial charge in [0.15, 0.2) is 11.5 Å². The summed E-state index contributed by atoms with van der Waals surface area (Å²) in [5.41, 5.74) is 0.762. The molecule has 20 heavy (non-hydrogen) atoms. The number of hydrogen-bond donors (Lipinski definition) is 2. The quantitative estimate of drug-likeness (QED) is 0.862. The highest BCUT2D eigenvalue weighted by Crippen LogP contribution is 2.32. The molecule has 2 aliphatic rings. The number of benzene rings is 1. The van der Waals surface area contributed by atoms with Crippen molar-refractivity contribution >= 4 is 11.6 Å². The Morgan fingerprint density at radius 3 is 2.80 bits per heavy atom. The lowest BCUT2D eigenvalue weighted by Crippen LogP contribution is -2.27. The van der Waals surface area contributed by atoms with Crippen molar-refractivity contribution in [1.82, 2.24) is 5.32 Å². The number of hydrogen-bond acceptors (Lipinski definition) is 4. The van der Waals surface area contributed by atoms with E-state index in [1.165, 1.54) is 0 Å². The van der Waals surface area contributed by atoms with Crippen LogP contribution in [0, 0.1) is 11.8 Å². The molecule has 0 unspecified atom stereocenters. The van der Waals surface area contributed by atoms with E-state index in [-0.39, 0.29) is 11.8 Å². The largest absolute Gasteiger partial charge is 0.490 e. The number of rotatable bonds is 2. The fourth-order valence-electron chi connectivity index (χ4n) is 2.64. The lowest BCUT2D eigenvalue weighted by molar-refractivity contribution is -0.120. The third-order valence-corrected chi connectivity index (χ3v) is 3.87. The molecule has 5 heteroatoms. The predicted octanol–water partition coefficient (Wildman–Crippen LogP) is 1.64. The van der Waals surface area contributed by atoms with Gasteiger partial charge < -0.3 is 20.1 Å². The van der Waals surface area contributed by atoms with Gasteiger partial charge in [-0.25, -0.2) is 0 Å². The minimum absolute atomic E-state index is 0.0333. The van der Waals surface area contributed by atoms with Crippen LogP contribution in [0.3, 0.4) is 0 Å². The predicted molar refractivity (Wildman–Crippen MR) is 76.2 cm³/mol. The van der Waals surface area contributed by atoms with Crippen molar-refractivity contribution in [1.29, 1.82) is 0 Å². The molecule has 1 aromatic carbocycles. The number of amides is 1. The van der Waals surface area contributed by atoms with Gasteiger partial charge in [-0.15, -0.1) is 0 Å². The number of fused-ring (bicyclic) bond motifs is 1. The Kier molecular flexibility index (Phi) is 3.78. The molecule has 1 fully saturated rings. The topological polar surface area (TPSA) is 59.6 Å². The Morgan fingerprint density at radius 1 is 1.25 bits per heavy atom. The highest BCUT2D eigenvalue weighted by Gasteiger charge is 2.29. The SMILES string of the molecule is C[C@@H]1CNC[C@H]1C(=O)Nc1ccc2c(c1)OCCCO2. The van der Waals surface area contributed by atoms with E-state index in [0.717, 1.165) is 30.9 Å². The maximum atomic E-state index is 12.2. The standard InChI is InChI=1S/C15H20N2O3/c1-10-8-16-9-12(10)15(18)17-11-3-4-13-14(7-11)20-6-2-5-19-13/h3-4,7,10,12,16H,2,5-6,8-9H2,1H3,(H,17,18)/t10-,12-/m1/s1. The maximum absolute atomic E-state index is 12.2. The van der Waals surface area contributed by atoms with E-state index in [0.29, 0.717) is 24.9 Å². The van der Waals surface area contributed by atoms with Gasteiger partial charge in [0.2, 0.25) is 5.91 Å². The van der Waals surface area contributed by atoms with Crippen LogP contribution in [0.4, 0.5) is 5.69 Å². The molecule has 0 aromatic heterocycles. The summed E-state index contributed by atoms with van der Waals surface area (Å²) in [5, 5.41) is 6.21. The molecule has 0 aliphatic carbocycles. The lowest BCUT2D eigenvalue weighted by Gasteiger charge is -2.15. The third-order valence-electron chi connectivity index (χ3n) is 3.87. The van der Waals surface area contributed by atoms with Gasteiger partial charge in [-0.2, -0.15) is 0 Å². The van der Waals surface area contributed by atoms with Gasteiger partial charge in [0.05, 0.1) is 19.1 Å². The summed E-state index contributed by atoms with van der Waals surface area (Å²) in [6, 6.07) is 5.55. The van der Waals surface area contributed by atoms with Crippen molar-refractivity contribution < 1.29 is 14.3 Å². The first-order chi connectivity index (χ1) is 9.74. The number of nitrogens with one attached hydrogen (secondary N) is 2. The maximum Gasteiger partial charge on any atom is 0.229 e. The molecule has 1 saturated heterocycles. The van der Waals surface area contributed by atoms with Crippen molar-refractivity contribution in [2.75, 3.05) is 31.6 Å². The highest BCUT2D eigenvalue weighted by atomic mass is 16.5. The second kappa shape index (κ2) is 5.71. The van der Waals surface area contributed by atoms with Crippen molar-refractivity contribution in [2.45, 2.75) is 13.3 Å². The molecule has 2 aliphatic heterocycles. The first-order valence-electron chi connectivity index (χ1n) is 7.15. The van der Waals surface area contributed by atoms with Gasteiger partial charge in [-0.3, -0.25) is 4.79 Å². The molecular formula is C15H20N2O3. The zero-order valence-electron chi connectivity index (χ0n) is 11.6. The molecule has 5 nitrogen and oxygen atoms in total. The molecule has 1 aromatic rings. The molecule has 0 spiro atoms. The summed E-state index contributed by atoms with van der Waals surface area (Å²) in [7, 11) is 0. The number of carbonyl (C=O) groups is 1. The molecule has 1 amide bonds. The second-order valence-electron chi connectivity index (χ2n) is 5.44. The first-order valence-corrected chi connectivity index (χ1v) is 7.15. The Hall–Kier alpha value is -1.75. The Morgan fingerprint density at radius 2 is 2.05 bits per heavy atom. The molecule has 3 rings (SSSR count). The summed E-state index contributed by atoms with van der Waals surface area (Å²) in [6.45, 7) is 5.06. The van der Waals surface area contributed by atoms with Gasteiger partial charge >= 0.3 is 0 Å². The van der Waals surface area contributed by atoms with E-state index in [1.807, 2.05) is 18.2 Å². The molecule has 108 valence electrons. The van der Waals surface area contributed by atoms with Crippen LogP contribution in [0.1, 0.15) is 13.3 Å². The summed E-state index contributed by atoms with van der Waals surface area (Å²) >= 11 is 0. The van der Waals surface area contributed by atoms with Crippen molar-refractivity contribution in [3.63, 3.8) is 0 Å². The van der Waals surface area contributed by atoms with Crippen molar-refractivity contribution in [2.24, 2.45) is 11.8 Å². The van der Waals surface area contributed by atoms with E-state index in [9.17, 15) is 4.79 Å². The number of anilines is 1. The van der Waals surface area contributed by atoms with E-state index >= 15 is 0 Å². The normalized spacial score (nSPS) is 25.1. The summed E-state index contributed by atoms with van der Waals surface area (Å²) in [4.78, 5) is 12.2. The van der Waals surface area contributed by atoms with Gasteiger partial charge in [0, 0.05) is 24.7 Å². The fourth-order valence-corrected chi connectivity index (χ4v) is 2.64. The van der Waals surface area contributed by atoms with Gasteiger partial charge in [0.25, 0.3) is 0 Å². The molecule has 0 bridgehead atoms. The molecule has 2 heterocycles. The van der Waals surface area contributed by atoms with Crippen LogP contribution in [-0.4, -0.2) is 32.2 Å². The van der Waals surface area contributed by atoms with Crippen LogP contribution >= 0.6 is 0 Å². The van der Waals surface area contributed by atoms with E-state index in [1.54, 1.807) is 0 Å². The first kappa shape index (κ1) is 13.2. The molecule has 0 radical (unpaired) electrons. The highest BCUT2D eigenvalue weighted by molar-refractivity contribution is 5.93. The molecule has 2 N–H and O–H groups in total. The van der Waals surface area contributed by atoms with Crippen LogP contribution in [0.2, 0.25) is 0 Å². The molecule has 0 saturated carbocycles. The molecule has 2 atom stereocenters. The van der Waals surface area contributed by atoms with Crippen molar-refractivity contribution in [3.8, 4) is 11.5 Å². The average Bonchev–Trinajstić information content (AvgIpc) is 2.73. The van der Waals surface area contributed by atoms with E-state index in [2.05, 4.69) is 17.6 Å². The Labute approximate surface area is 118 Å².